The maximum atomic E-state index is 9.50. The van der Waals surface area contributed by atoms with Crippen molar-refractivity contribution in [1.29, 1.82) is 0 Å². The molecule has 3 aromatic rings. The summed E-state index contributed by atoms with van der Waals surface area (Å²) in [5.41, 5.74) is 1.82. The van der Waals surface area contributed by atoms with Crippen molar-refractivity contribution in [2.45, 2.75) is 16.5 Å². The molecule has 19 heavy (non-hydrogen) atoms. The van der Waals surface area contributed by atoms with Crippen LogP contribution in [0.5, 0.6) is 0 Å². The smallest absolute Gasteiger partial charge is 0.107 e. The summed E-state index contributed by atoms with van der Waals surface area (Å²) in [7, 11) is 0. The van der Waals surface area contributed by atoms with Gasteiger partial charge >= 0.3 is 0 Å². The highest BCUT2D eigenvalue weighted by Gasteiger charge is 2.07. The second-order valence-electron chi connectivity index (χ2n) is 4.22. The quantitative estimate of drug-likeness (QED) is 0.781. The minimum atomic E-state index is 0.00695. The van der Waals surface area contributed by atoms with E-state index in [0.717, 1.165) is 26.4 Å². The first-order valence-electron chi connectivity index (χ1n) is 6.09. The molecular formula is C16H13NOS. The highest BCUT2D eigenvalue weighted by molar-refractivity contribution is 7.99. The fraction of sp³-hybridized carbons (Fsp3) is 0.0625. The summed E-state index contributed by atoms with van der Waals surface area (Å²) in [6.45, 7) is 0.00695. The van der Waals surface area contributed by atoms with E-state index >= 15 is 0 Å². The Morgan fingerprint density at radius 2 is 1.68 bits per heavy atom. The Labute approximate surface area is 116 Å². The van der Waals surface area contributed by atoms with Gasteiger partial charge in [0.2, 0.25) is 0 Å². The van der Waals surface area contributed by atoms with Gasteiger partial charge < -0.3 is 5.11 Å². The number of nitrogens with zero attached hydrogens (tertiary/aromatic N) is 1. The van der Waals surface area contributed by atoms with Crippen molar-refractivity contribution >= 4 is 22.7 Å². The van der Waals surface area contributed by atoms with Gasteiger partial charge in [0, 0.05) is 15.8 Å². The van der Waals surface area contributed by atoms with E-state index in [1.165, 1.54) is 0 Å². The van der Waals surface area contributed by atoms with Crippen molar-refractivity contribution in [2.24, 2.45) is 0 Å². The van der Waals surface area contributed by atoms with Crippen LogP contribution < -0.4 is 0 Å². The minimum Gasteiger partial charge on any atom is -0.392 e. The number of hydrogen-bond acceptors (Lipinski definition) is 3. The monoisotopic (exact) mass is 267 g/mol. The summed E-state index contributed by atoms with van der Waals surface area (Å²) >= 11 is 1.58. The summed E-state index contributed by atoms with van der Waals surface area (Å²) in [5.74, 6) is 0. The largest absolute Gasteiger partial charge is 0.392 e. The summed E-state index contributed by atoms with van der Waals surface area (Å²) < 4.78 is 0. The Morgan fingerprint density at radius 3 is 2.47 bits per heavy atom. The highest BCUT2D eigenvalue weighted by atomic mass is 32.2. The molecule has 0 saturated carbocycles. The molecule has 0 amide bonds. The summed E-state index contributed by atoms with van der Waals surface area (Å²) in [4.78, 5) is 5.77. The first kappa shape index (κ1) is 12.2. The Bertz CT molecular complexity index is 697. The molecule has 3 rings (SSSR count). The number of benzene rings is 2. The van der Waals surface area contributed by atoms with Crippen molar-refractivity contribution in [2.75, 3.05) is 0 Å². The number of aromatic nitrogens is 1. The molecule has 0 atom stereocenters. The molecule has 0 unspecified atom stereocenters. The fourth-order valence-electron chi connectivity index (χ4n) is 1.94. The topological polar surface area (TPSA) is 33.1 Å². The summed E-state index contributed by atoms with van der Waals surface area (Å²) in [6, 6.07) is 20.1. The first-order valence-corrected chi connectivity index (χ1v) is 6.91. The number of rotatable bonds is 3. The van der Waals surface area contributed by atoms with E-state index in [9.17, 15) is 5.11 Å². The third kappa shape index (κ3) is 2.62. The molecule has 2 aromatic carbocycles. The van der Waals surface area contributed by atoms with E-state index < -0.39 is 0 Å². The molecule has 0 aliphatic heterocycles. The molecule has 0 spiro atoms. The van der Waals surface area contributed by atoms with Crippen LogP contribution in [0.15, 0.2) is 70.6 Å². The third-order valence-corrected chi connectivity index (χ3v) is 3.95. The Kier molecular flexibility index (Phi) is 3.49. The average molecular weight is 267 g/mol. The number of fused-ring (bicyclic) bond motifs is 1. The van der Waals surface area contributed by atoms with Crippen molar-refractivity contribution in [3.8, 4) is 0 Å². The van der Waals surface area contributed by atoms with Crippen LogP contribution in [0, 0.1) is 0 Å². The van der Waals surface area contributed by atoms with E-state index in [0.29, 0.717) is 0 Å². The standard InChI is InChI=1S/C16H13NOS/c18-11-13-10-12-6-4-5-9-15(12)17-16(13)19-14-7-2-1-3-8-14/h1-10,18H,11H2. The van der Waals surface area contributed by atoms with Gasteiger partial charge in [-0.15, -0.1) is 0 Å². The number of aliphatic hydroxyl groups is 1. The zero-order valence-corrected chi connectivity index (χ0v) is 11.1. The summed E-state index contributed by atoms with van der Waals surface area (Å²) in [6.07, 6.45) is 0. The Morgan fingerprint density at radius 1 is 0.947 bits per heavy atom. The van der Waals surface area contributed by atoms with E-state index in [4.69, 9.17) is 0 Å². The van der Waals surface area contributed by atoms with E-state index in [2.05, 4.69) is 4.98 Å². The zero-order valence-electron chi connectivity index (χ0n) is 10.3. The lowest BCUT2D eigenvalue weighted by Crippen LogP contribution is -1.92. The van der Waals surface area contributed by atoms with Gasteiger partial charge in [-0.3, -0.25) is 0 Å². The van der Waals surface area contributed by atoms with Crippen LogP contribution in [-0.2, 0) is 6.61 Å². The number of hydrogen-bond donors (Lipinski definition) is 1. The van der Waals surface area contributed by atoms with Crippen LogP contribution in [0.1, 0.15) is 5.56 Å². The van der Waals surface area contributed by atoms with Gasteiger partial charge in [0.25, 0.3) is 0 Å². The SMILES string of the molecule is OCc1cc2ccccc2nc1Sc1ccccc1. The van der Waals surface area contributed by atoms with Gasteiger partial charge in [0.1, 0.15) is 5.03 Å². The van der Waals surface area contributed by atoms with Crippen molar-refractivity contribution in [3.63, 3.8) is 0 Å². The van der Waals surface area contributed by atoms with E-state index in [1.807, 2.05) is 60.7 Å². The van der Waals surface area contributed by atoms with Gasteiger partial charge in [-0.25, -0.2) is 4.98 Å². The molecule has 0 radical (unpaired) electrons. The second-order valence-corrected chi connectivity index (χ2v) is 5.28. The van der Waals surface area contributed by atoms with Gasteiger partial charge in [-0.05, 0) is 24.3 Å². The first-order chi connectivity index (χ1) is 9.36. The predicted octanol–water partition coefficient (Wildman–Crippen LogP) is 3.88. The molecule has 0 aliphatic rings. The van der Waals surface area contributed by atoms with E-state index in [1.54, 1.807) is 11.8 Å². The van der Waals surface area contributed by atoms with Crippen LogP contribution in [-0.4, -0.2) is 10.1 Å². The molecular weight excluding hydrogens is 254 g/mol. The lowest BCUT2D eigenvalue weighted by Gasteiger charge is -2.08. The van der Waals surface area contributed by atoms with Gasteiger partial charge in [-0.2, -0.15) is 0 Å². The normalized spacial score (nSPS) is 10.8. The average Bonchev–Trinajstić information content (AvgIpc) is 2.47. The Hall–Kier alpha value is -1.84. The molecule has 0 bridgehead atoms. The molecule has 1 N–H and O–H groups in total. The zero-order chi connectivity index (χ0) is 13.1. The van der Waals surface area contributed by atoms with E-state index in [-0.39, 0.29) is 6.61 Å². The summed E-state index contributed by atoms with van der Waals surface area (Å²) in [5, 5.41) is 11.4. The van der Waals surface area contributed by atoms with Gasteiger partial charge in [0.15, 0.2) is 0 Å². The lowest BCUT2D eigenvalue weighted by molar-refractivity contribution is 0.278. The van der Waals surface area contributed by atoms with Crippen LogP contribution in [0.3, 0.4) is 0 Å². The second kappa shape index (κ2) is 5.43. The molecule has 0 aliphatic carbocycles. The van der Waals surface area contributed by atoms with Crippen LogP contribution >= 0.6 is 11.8 Å². The number of para-hydroxylation sites is 1. The van der Waals surface area contributed by atoms with Crippen LogP contribution in [0.25, 0.3) is 10.9 Å². The molecule has 1 heterocycles. The molecule has 1 aromatic heterocycles. The van der Waals surface area contributed by atoms with Gasteiger partial charge in [0.05, 0.1) is 12.1 Å². The highest BCUT2D eigenvalue weighted by Crippen LogP contribution is 2.30. The number of aliphatic hydroxyl groups excluding tert-OH is 1. The van der Waals surface area contributed by atoms with Crippen molar-refractivity contribution in [3.05, 3.63) is 66.2 Å². The molecule has 0 saturated heterocycles. The van der Waals surface area contributed by atoms with Crippen LogP contribution in [0.2, 0.25) is 0 Å². The van der Waals surface area contributed by atoms with Crippen LogP contribution in [0.4, 0.5) is 0 Å². The lowest BCUT2D eigenvalue weighted by atomic mass is 10.2. The maximum Gasteiger partial charge on any atom is 0.107 e. The maximum absolute atomic E-state index is 9.50. The Balaban J connectivity index is 2.06. The molecule has 3 heteroatoms. The number of pyridine rings is 1. The fourth-order valence-corrected chi connectivity index (χ4v) is 2.86. The third-order valence-electron chi connectivity index (χ3n) is 2.89. The molecule has 2 nitrogen and oxygen atoms in total. The molecule has 0 fully saturated rings. The van der Waals surface area contributed by atoms with Gasteiger partial charge in [-0.1, -0.05) is 48.2 Å². The van der Waals surface area contributed by atoms with Crippen molar-refractivity contribution < 1.29 is 5.11 Å². The predicted molar refractivity (Wildman–Crippen MR) is 78.2 cm³/mol. The van der Waals surface area contributed by atoms with Crippen molar-refractivity contribution in [1.82, 2.24) is 4.98 Å². The molecule has 94 valence electrons. The minimum absolute atomic E-state index is 0.00695.